The molecule has 428 valence electrons. The van der Waals surface area contributed by atoms with Crippen molar-refractivity contribution in [3.05, 3.63) is 177 Å². The van der Waals surface area contributed by atoms with Crippen LogP contribution < -0.4 is 0 Å². The molecule has 5 N–H and O–H groups in total. The van der Waals surface area contributed by atoms with Gasteiger partial charge < -0.3 is 49.2 Å². The molecule has 0 aliphatic heterocycles. The number of carbonyl (C=O) groups is 5. The Morgan fingerprint density at radius 3 is 0.937 bits per heavy atom. The molecule has 0 aromatic heterocycles. The highest BCUT2D eigenvalue weighted by molar-refractivity contribution is 5.89. The van der Waals surface area contributed by atoms with Crippen molar-refractivity contribution in [1.29, 1.82) is 0 Å². The van der Waals surface area contributed by atoms with Crippen LogP contribution in [0.5, 0.6) is 0 Å². The Balaban J connectivity index is 0.000000213. The van der Waals surface area contributed by atoms with Crippen LogP contribution in [0.2, 0.25) is 0 Å². The second-order valence-corrected chi connectivity index (χ2v) is 20.0. The van der Waals surface area contributed by atoms with Gasteiger partial charge in [-0.05, 0) is 153 Å². The molecule has 3 aliphatic carbocycles. The summed E-state index contributed by atoms with van der Waals surface area (Å²) in [6.07, 6.45) is 20.5. The van der Waals surface area contributed by atoms with Gasteiger partial charge in [0.2, 0.25) is 0 Å². The van der Waals surface area contributed by atoms with Crippen molar-refractivity contribution in [2.75, 3.05) is 6.61 Å². The van der Waals surface area contributed by atoms with E-state index in [-0.39, 0.29) is 6.10 Å². The Hall–Kier alpha value is -6.75. The predicted octanol–water partition coefficient (Wildman–Crippen LogP) is 14.3. The lowest BCUT2D eigenvalue weighted by atomic mass is 9.96. The summed E-state index contributed by atoms with van der Waals surface area (Å²) < 4.78 is 28.2. The highest BCUT2D eigenvalue weighted by Gasteiger charge is 2.18. The Morgan fingerprint density at radius 2 is 0.671 bits per heavy atom. The van der Waals surface area contributed by atoms with E-state index < -0.39 is 29.8 Å². The fourth-order valence-corrected chi connectivity index (χ4v) is 8.18. The molecule has 8 rings (SSSR count). The Kier molecular flexibility index (Phi) is 30.5. The third-order valence-corrected chi connectivity index (χ3v) is 13.6. The number of benzene rings is 5. The van der Waals surface area contributed by atoms with Crippen molar-refractivity contribution in [2.24, 2.45) is 0 Å². The molecule has 0 spiro atoms. The van der Waals surface area contributed by atoms with Gasteiger partial charge in [0.25, 0.3) is 0 Å². The Labute approximate surface area is 465 Å². The monoisotopic (exact) mass is 1090 g/mol. The average molecular weight is 1090 g/mol. The van der Waals surface area contributed by atoms with Crippen molar-refractivity contribution in [1.82, 2.24) is 0 Å². The van der Waals surface area contributed by atoms with Crippen LogP contribution in [0.1, 0.15) is 203 Å². The number of unbranched alkanes of at least 4 members (excludes halogenated alkanes) is 2. The number of ether oxygens (including phenoxy) is 5. The molecule has 0 bridgehead atoms. The third-order valence-electron chi connectivity index (χ3n) is 13.6. The Bertz CT molecular complexity index is 2450. The minimum Gasteiger partial charge on any atom is -0.478 e. The molecule has 1 atom stereocenters. The van der Waals surface area contributed by atoms with Gasteiger partial charge >= 0.3 is 29.8 Å². The predicted molar refractivity (Wildman–Crippen MR) is 302 cm³/mol. The number of aromatic carboxylic acids is 5. The highest BCUT2D eigenvalue weighted by atomic mass is 16.5. The van der Waals surface area contributed by atoms with Gasteiger partial charge in [-0.3, -0.25) is 0 Å². The van der Waals surface area contributed by atoms with E-state index in [2.05, 4.69) is 13.8 Å². The lowest BCUT2D eigenvalue weighted by Crippen LogP contribution is -2.21. The second-order valence-electron chi connectivity index (χ2n) is 20.0. The molecular weight excluding hydrogens is 1010 g/mol. The number of rotatable bonds is 24. The average Bonchev–Trinajstić information content (AvgIpc) is 3.98. The lowest BCUT2D eigenvalue weighted by molar-refractivity contribution is -0.00868. The lowest BCUT2D eigenvalue weighted by Gasteiger charge is -2.25. The van der Waals surface area contributed by atoms with Gasteiger partial charge in [-0.25, -0.2) is 24.0 Å². The van der Waals surface area contributed by atoms with E-state index in [9.17, 15) is 24.0 Å². The maximum absolute atomic E-state index is 10.7. The molecule has 3 aliphatic rings. The Morgan fingerprint density at radius 1 is 0.392 bits per heavy atom. The molecule has 3 fully saturated rings. The zero-order valence-corrected chi connectivity index (χ0v) is 46.2. The summed E-state index contributed by atoms with van der Waals surface area (Å²) >= 11 is 0. The first-order chi connectivity index (χ1) is 38.1. The molecule has 0 radical (unpaired) electrons. The van der Waals surface area contributed by atoms with E-state index in [1.54, 1.807) is 84.9 Å². The van der Waals surface area contributed by atoms with Gasteiger partial charge in [-0.2, -0.15) is 0 Å². The van der Waals surface area contributed by atoms with Crippen molar-refractivity contribution in [3.8, 4) is 0 Å². The van der Waals surface area contributed by atoms with Crippen molar-refractivity contribution in [3.63, 3.8) is 0 Å². The van der Waals surface area contributed by atoms with E-state index in [1.165, 1.54) is 51.4 Å². The quantitative estimate of drug-likeness (QED) is 0.0362. The first-order valence-corrected chi connectivity index (χ1v) is 27.8. The fraction of sp³-hybridized carbons (Fsp3) is 0.453. The van der Waals surface area contributed by atoms with E-state index in [1.807, 2.05) is 43.3 Å². The maximum Gasteiger partial charge on any atom is 0.335 e. The van der Waals surface area contributed by atoms with Crippen molar-refractivity contribution in [2.45, 2.75) is 181 Å². The van der Waals surface area contributed by atoms with Gasteiger partial charge in [-0.15, -0.1) is 0 Å². The zero-order chi connectivity index (χ0) is 57.2. The molecular formula is C64H82O15. The molecule has 5 aromatic carbocycles. The SMILES string of the molecule is CCC(C)OCc1ccc(C(=O)O)cc1.CCCCCOCc1ccc(C(=O)O)cc1.O=C(O)c1ccc(COC2CCC2)cc1.O=C(O)c1ccc(COC2CCCC2)cc1.O=C(O)c1ccc(COC2CCCCC2)cc1. The molecule has 0 heterocycles. The fourth-order valence-electron chi connectivity index (χ4n) is 8.18. The smallest absolute Gasteiger partial charge is 0.335 e. The molecule has 79 heavy (non-hydrogen) atoms. The van der Waals surface area contributed by atoms with Gasteiger partial charge in [0.1, 0.15) is 0 Å². The molecule has 15 nitrogen and oxygen atoms in total. The third kappa shape index (κ3) is 26.6. The maximum atomic E-state index is 10.7. The van der Waals surface area contributed by atoms with Crippen LogP contribution >= 0.6 is 0 Å². The molecule has 0 saturated heterocycles. The number of carboxylic acids is 5. The number of carboxylic acid groups (broad SMARTS) is 5. The summed E-state index contributed by atoms with van der Waals surface area (Å²) in [4.78, 5) is 53.1. The summed E-state index contributed by atoms with van der Waals surface area (Å²) in [6, 6.07) is 34.2. The highest BCUT2D eigenvalue weighted by Crippen LogP contribution is 2.24. The summed E-state index contributed by atoms with van der Waals surface area (Å²) in [5, 5.41) is 43.7. The van der Waals surface area contributed by atoms with Gasteiger partial charge in [0.05, 0.1) is 85.3 Å². The second kappa shape index (κ2) is 37.2. The molecule has 3 saturated carbocycles. The standard InChI is InChI=1S/C14H18O3.C13H16O3.C13H18O3.C12H14O3.C12H16O3/c15-14(16)12-8-6-11(7-9-12)10-17-13-4-2-1-3-5-13;14-13(15)11-7-5-10(6-8-11)9-16-12-3-1-2-4-12;1-2-3-4-9-16-10-11-5-7-12(8-6-11)13(14)15;13-12(14)10-6-4-9(5-7-10)8-15-11-2-1-3-11;1-3-9(2)15-8-10-4-6-11(7-5-10)12(13)14/h6-9,13H,1-5,10H2,(H,15,16);5-8,12H,1-4,9H2,(H,14,15);5-8H,2-4,9-10H2,1H3,(H,14,15);4-7,11H,1-3,8H2,(H,13,14);4-7,9H,3,8H2,1-2H3,(H,13,14). The van der Waals surface area contributed by atoms with E-state index in [0.29, 0.717) is 79.2 Å². The minimum atomic E-state index is -0.899. The topological polar surface area (TPSA) is 233 Å². The zero-order valence-electron chi connectivity index (χ0n) is 46.2. The minimum absolute atomic E-state index is 0.240. The first-order valence-electron chi connectivity index (χ1n) is 27.8. The number of hydrogen-bond acceptors (Lipinski definition) is 10. The van der Waals surface area contributed by atoms with Crippen LogP contribution in [0.4, 0.5) is 0 Å². The first kappa shape index (κ1) is 64.8. The normalized spacial score (nSPS) is 14.5. The summed E-state index contributed by atoms with van der Waals surface area (Å²) in [6.45, 7) is 9.88. The van der Waals surface area contributed by atoms with Crippen LogP contribution in [0, 0.1) is 0 Å². The van der Waals surface area contributed by atoms with Crippen LogP contribution in [-0.4, -0.2) is 86.4 Å². The van der Waals surface area contributed by atoms with E-state index >= 15 is 0 Å². The van der Waals surface area contributed by atoms with Gasteiger partial charge in [0, 0.05) is 6.61 Å². The van der Waals surface area contributed by atoms with Gasteiger partial charge in [0.15, 0.2) is 0 Å². The summed E-state index contributed by atoms with van der Waals surface area (Å²) in [5.41, 5.74) is 6.72. The van der Waals surface area contributed by atoms with Crippen LogP contribution in [0.25, 0.3) is 0 Å². The van der Waals surface area contributed by atoms with Crippen molar-refractivity contribution >= 4 is 29.8 Å². The summed E-state index contributed by atoms with van der Waals surface area (Å²) in [7, 11) is 0. The van der Waals surface area contributed by atoms with Crippen LogP contribution in [0.3, 0.4) is 0 Å². The van der Waals surface area contributed by atoms with E-state index in [4.69, 9.17) is 49.2 Å². The largest absolute Gasteiger partial charge is 0.478 e. The molecule has 15 heteroatoms. The number of hydrogen-bond donors (Lipinski definition) is 5. The van der Waals surface area contributed by atoms with Crippen LogP contribution in [-0.2, 0) is 56.7 Å². The summed E-state index contributed by atoms with van der Waals surface area (Å²) in [5.74, 6) is -4.45. The van der Waals surface area contributed by atoms with Crippen LogP contribution in [0.15, 0.2) is 121 Å². The molecule has 1 unspecified atom stereocenters. The van der Waals surface area contributed by atoms with Gasteiger partial charge in [-0.1, -0.05) is 119 Å². The molecule has 5 aromatic rings. The molecule has 0 amide bonds. The van der Waals surface area contributed by atoms with E-state index in [0.717, 1.165) is 85.8 Å². The van der Waals surface area contributed by atoms with Crippen molar-refractivity contribution < 1.29 is 73.2 Å².